The van der Waals surface area contributed by atoms with Crippen LogP contribution in [-0.4, -0.2) is 30.1 Å². The van der Waals surface area contributed by atoms with Gasteiger partial charge in [0.1, 0.15) is 0 Å². The van der Waals surface area contributed by atoms with E-state index < -0.39 is 0 Å². The summed E-state index contributed by atoms with van der Waals surface area (Å²) in [6.07, 6.45) is 5.53. The van der Waals surface area contributed by atoms with Crippen LogP contribution in [0.2, 0.25) is 0 Å². The van der Waals surface area contributed by atoms with Gasteiger partial charge in [0.15, 0.2) is 0 Å². The Balaban J connectivity index is 2.61. The summed E-state index contributed by atoms with van der Waals surface area (Å²) in [4.78, 5) is 2.51. The summed E-state index contributed by atoms with van der Waals surface area (Å²) in [6, 6.07) is 0.605. The molecule has 0 spiro atoms. The fourth-order valence-corrected chi connectivity index (χ4v) is 2.63. The Morgan fingerprint density at radius 3 is 2.19 bits per heavy atom. The molecule has 16 heavy (non-hydrogen) atoms. The van der Waals surface area contributed by atoms with E-state index in [1.807, 2.05) is 0 Å². The molecule has 0 aliphatic heterocycles. The number of likely N-dealkylation sites (N-methyl/N-ethyl adjacent to an activating group) is 1. The molecule has 1 aliphatic carbocycles. The Bertz CT molecular complexity index is 211. The summed E-state index contributed by atoms with van der Waals surface area (Å²) in [5.41, 5.74) is 6.22. The van der Waals surface area contributed by atoms with Crippen LogP contribution >= 0.6 is 0 Å². The van der Waals surface area contributed by atoms with E-state index in [1.165, 1.54) is 25.7 Å². The van der Waals surface area contributed by atoms with Crippen LogP contribution in [-0.2, 0) is 0 Å². The molecule has 1 aliphatic rings. The minimum atomic E-state index is 0.189. The Hall–Kier alpha value is -0.0800. The summed E-state index contributed by atoms with van der Waals surface area (Å²) in [7, 11) is 2.25. The molecule has 0 radical (unpaired) electrons. The minimum absolute atomic E-state index is 0.189. The van der Waals surface area contributed by atoms with E-state index in [-0.39, 0.29) is 5.54 Å². The molecule has 1 rings (SSSR count). The van der Waals surface area contributed by atoms with Crippen molar-refractivity contribution in [2.45, 2.75) is 65.0 Å². The van der Waals surface area contributed by atoms with Crippen LogP contribution in [0.5, 0.6) is 0 Å². The smallest absolute Gasteiger partial charge is 0.0306 e. The normalized spacial score (nSPS) is 23.2. The summed E-state index contributed by atoms with van der Waals surface area (Å²) in [5.74, 6) is 1.62. The fraction of sp³-hybridized carbons (Fsp3) is 1.00. The second kappa shape index (κ2) is 5.50. The molecule has 2 atom stereocenters. The van der Waals surface area contributed by atoms with Gasteiger partial charge in [-0.3, -0.25) is 4.90 Å². The largest absolute Gasteiger partial charge is 0.329 e. The molecule has 2 nitrogen and oxygen atoms in total. The van der Waals surface area contributed by atoms with E-state index in [1.54, 1.807) is 0 Å². The average molecular weight is 226 g/mol. The molecule has 2 heteroatoms. The van der Waals surface area contributed by atoms with E-state index >= 15 is 0 Å². The van der Waals surface area contributed by atoms with Crippen LogP contribution in [0.3, 0.4) is 0 Å². The van der Waals surface area contributed by atoms with Crippen molar-refractivity contribution in [1.82, 2.24) is 4.90 Å². The molecule has 0 aromatic heterocycles. The highest BCUT2D eigenvalue weighted by atomic mass is 15.2. The lowest BCUT2D eigenvalue weighted by Crippen LogP contribution is -2.55. The van der Waals surface area contributed by atoms with Gasteiger partial charge in [0.05, 0.1) is 0 Å². The lowest BCUT2D eigenvalue weighted by Gasteiger charge is -2.46. The van der Waals surface area contributed by atoms with Crippen molar-refractivity contribution >= 4 is 0 Å². The monoisotopic (exact) mass is 226 g/mol. The van der Waals surface area contributed by atoms with Crippen molar-refractivity contribution in [3.8, 4) is 0 Å². The Labute approximate surface area is 102 Å². The number of nitrogens with two attached hydrogens (primary N) is 1. The van der Waals surface area contributed by atoms with Gasteiger partial charge in [-0.1, -0.05) is 33.1 Å². The zero-order valence-corrected chi connectivity index (χ0v) is 11.8. The zero-order valence-electron chi connectivity index (χ0n) is 11.8. The predicted molar refractivity (Wildman–Crippen MR) is 71.5 cm³/mol. The molecule has 96 valence electrons. The number of hydrogen-bond acceptors (Lipinski definition) is 2. The highest BCUT2D eigenvalue weighted by Crippen LogP contribution is 2.36. The number of rotatable bonds is 6. The maximum absolute atomic E-state index is 6.03. The van der Waals surface area contributed by atoms with Crippen LogP contribution in [0.15, 0.2) is 0 Å². The van der Waals surface area contributed by atoms with Gasteiger partial charge in [-0.25, -0.2) is 0 Å². The summed E-state index contributed by atoms with van der Waals surface area (Å²) < 4.78 is 0. The third kappa shape index (κ3) is 2.98. The summed E-state index contributed by atoms with van der Waals surface area (Å²) in [5, 5.41) is 0. The van der Waals surface area contributed by atoms with E-state index in [4.69, 9.17) is 5.73 Å². The predicted octanol–water partition coefficient (Wildman–Crippen LogP) is 2.87. The molecule has 2 N–H and O–H groups in total. The lowest BCUT2D eigenvalue weighted by atomic mass is 9.75. The van der Waals surface area contributed by atoms with Crippen molar-refractivity contribution in [3.05, 3.63) is 0 Å². The van der Waals surface area contributed by atoms with Gasteiger partial charge >= 0.3 is 0 Å². The van der Waals surface area contributed by atoms with Gasteiger partial charge in [0.2, 0.25) is 0 Å². The highest BCUT2D eigenvalue weighted by Gasteiger charge is 2.35. The van der Waals surface area contributed by atoms with Crippen molar-refractivity contribution in [1.29, 1.82) is 0 Å². The molecule has 0 saturated heterocycles. The number of hydrogen-bond donors (Lipinski definition) is 1. The van der Waals surface area contributed by atoms with Gasteiger partial charge in [-0.2, -0.15) is 0 Å². The number of nitrogens with zero attached hydrogens (tertiary/aromatic N) is 1. The van der Waals surface area contributed by atoms with Crippen molar-refractivity contribution in [2.75, 3.05) is 13.6 Å². The Morgan fingerprint density at radius 1 is 1.31 bits per heavy atom. The van der Waals surface area contributed by atoms with Crippen molar-refractivity contribution < 1.29 is 0 Å². The first-order valence-corrected chi connectivity index (χ1v) is 6.83. The van der Waals surface area contributed by atoms with Crippen LogP contribution in [0.25, 0.3) is 0 Å². The fourth-order valence-electron chi connectivity index (χ4n) is 2.63. The van der Waals surface area contributed by atoms with Gasteiger partial charge < -0.3 is 5.73 Å². The average Bonchev–Trinajstić information content (AvgIpc) is 2.20. The van der Waals surface area contributed by atoms with Crippen LogP contribution in [0.4, 0.5) is 0 Å². The van der Waals surface area contributed by atoms with E-state index in [9.17, 15) is 0 Å². The molecular formula is C14H30N2. The molecule has 0 aromatic carbocycles. The first kappa shape index (κ1) is 14.0. The standard InChI is InChI=1S/C14H30N2/c1-11(2)12(3)16(5)14(4,10-15)9-13-7-6-8-13/h11-13H,6-10,15H2,1-5H3. The van der Waals surface area contributed by atoms with Crippen LogP contribution in [0.1, 0.15) is 53.4 Å². The highest BCUT2D eigenvalue weighted by molar-refractivity contribution is 4.92. The molecule has 0 bridgehead atoms. The Kier molecular flexibility index (Phi) is 4.81. The maximum Gasteiger partial charge on any atom is 0.0306 e. The molecule has 2 unspecified atom stereocenters. The summed E-state index contributed by atoms with van der Waals surface area (Å²) in [6.45, 7) is 10.0. The van der Waals surface area contributed by atoms with Crippen molar-refractivity contribution in [3.63, 3.8) is 0 Å². The van der Waals surface area contributed by atoms with Crippen LogP contribution in [0, 0.1) is 11.8 Å². The topological polar surface area (TPSA) is 29.3 Å². The zero-order chi connectivity index (χ0) is 12.3. The van der Waals surface area contributed by atoms with Gasteiger partial charge in [-0.15, -0.1) is 0 Å². The second-order valence-corrected chi connectivity index (χ2v) is 6.30. The SMILES string of the molecule is CC(C)C(C)N(C)C(C)(CN)CC1CCC1. The third-order valence-electron chi connectivity index (χ3n) is 4.82. The quantitative estimate of drug-likeness (QED) is 0.754. The first-order valence-electron chi connectivity index (χ1n) is 6.83. The van der Waals surface area contributed by atoms with Gasteiger partial charge in [0.25, 0.3) is 0 Å². The molecule has 1 saturated carbocycles. The van der Waals surface area contributed by atoms with Crippen LogP contribution < -0.4 is 5.73 Å². The third-order valence-corrected chi connectivity index (χ3v) is 4.82. The van der Waals surface area contributed by atoms with Gasteiger partial charge in [-0.05, 0) is 39.2 Å². The minimum Gasteiger partial charge on any atom is -0.329 e. The van der Waals surface area contributed by atoms with E-state index in [0.717, 1.165) is 12.5 Å². The molecule has 0 amide bonds. The van der Waals surface area contributed by atoms with E-state index in [0.29, 0.717) is 12.0 Å². The lowest BCUT2D eigenvalue weighted by molar-refractivity contribution is 0.0440. The summed E-state index contributed by atoms with van der Waals surface area (Å²) >= 11 is 0. The molecule has 0 heterocycles. The molecule has 0 aromatic rings. The van der Waals surface area contributed by atoms with Gasteiger partial charge in [0, 0.05) is 18.1 Å². The van der Waals surface area contributed by atoms with E-state index in [2.05, 4.69) is 39.6 Å². The second-order valence-electron chi connectivity index (χ2n) is 6.30. The first-order chi connectivity index (χ1) is 7.40. The molecule has 1 fully saturated rings. The Morgan fingerprint density at radius 2 is 1.88 bits per heavy atom. The molecular weight excluding hydrogens is 196 g/mol. The maximum atomic E-state index is 6.03. The van der Waals surface area contributed by atoms with Crippen molar-refractivity contribution in [2.24, 2.45) is 17.6 Å².